The van der Waals surface area contributed by atoms with Crippen LogP contribution in [-0.2, 0) is 0 Å². The van der Waals surface area contributed by atoms with Gasteiger partial charge in [-0.1, -0.05) is 0 Å². The molecule has 1 aromatic rings. The van der Waals surface area contributed by atoms with Crippen LogP contribution >= 0.6 is 0 Å². The summed E-state index contributed by atoms with van der Waals surface area (Å²) < 4.78 is 4.96. The van der Waals surface area contributed by atoms with Crippen molar-refractivity contribution in [2.75, 3.05) is 7.11 Å². The van der Waals surface area contributed by atoms with Gasteiger partial charge in [-0.3, -0.25) is 5.41 Å². The second-order valence-corrected chi connectivity index (χ2v) is 2.46. The molecule has 0 saturated heterocycles. The molecule has 1 rings (SSSR count). The highest BCUT2D eigenvalue weighted by molar-refractivity contribution is 5.94. The van der Waals surface area contributed by atoms with Gasteiger partial charge in [0.25, 0.3) is 0 Å². The van der Waals surface area contributed by atoms with Crippen molar-refractivity contribution >= 4 is 5.84 Å². The zero-order chi connectivity index (χ0) is 9.14. The van der Waals surface area contributed by atoms with Gasteiger partial charge in [0.15, 0.2) is 0 Å². The number of aromatic nitrogens is 1. The van der Waals surface area contributed by atoms with E-state index < -0.39 is 0 Å². The molecule has 0 radical (unpaired) electrons. The van der Waals surface area contributed by atoms with Crippen LogP contribution in [-0.4, -0.2) is 17.9 Å². The fraction of sp³-hybridized carbons (Fsp3) is 0.250. The summed E-state index contributed by atoms with van der Waals surface area (Å²) >= 11 is 0. The molecule has 0 aliphatic heterocycles. The molecule has 0 spiro atoms. The average molecular weight is 165 g/mol. The van der Waals surface area contributed by atoms with E-state index in [1.54, 1.807) is 13.2 Å². The molecular weight excluding hydrogens is 154 g/mol. The van der Waals surface area contributed by atoms with E-state index in [0.717, 1.165) is 5.56 Å². The van der Waals surface area contributed by atoms with Crippen molar-refractivity contribution in [2.45, 2.75) is 6.92 Å². The SMILES string of the molecule is COc1ncc(C(=N)N)cc1C. The van der Waals surface area contributed by atoms with Gasteiger partial charge in [0.1, 0.15) is 5.84 Å². The van der Waals surface area contributed by atoms with Crippen LogP contribution in [0.3, 0.4) is 0 Å². The Morgan fingerprint density at radius 2 is 2.33 bits per heavy atom. The summed E-state index contributed by atoms with van der Waals surface area (Å²) in [5.74, 6) is 0.591. The number of methoxy groups -OCH3 is 1. The molecule has 0 amide bonds. The second-order valence-electron chi connectivity index (χ2n) is 2.46. The van der Waals surface area contributed by atoms with Crippen LogP contribution in [0, 0.1) is 12.3 Å². The van der Waals surface area contributed by atoms with Gasteiger partial charge in [0, 0.05) is 17.3 Å². The number of aryl methyl sites for hydroxylation is 1. The van der Waals surface area contributed by atoms with Crippen molar-refractivity contribution in [3.05, 3.63) is 23.4 Å². The van der Waals surface area contributed by atoms with E-state index in [0.29, 0.717) is 11.4 Å². The van der Waals surface area contributed by atoms with Gasteiger partial charge in [-0.25, -0.2) is 4.98 Å². The fourth-order valence-electron chi connectivity index (χ4n) is 0.923. The molecule has 0 aliphatic rings. The first-order valence-corrected chi connectivity index (χ1v) is 3.50. The topological polar surface area (TPSA) is 72.0 Å². The standard InChI is InChI=1S/C8H11N3O/c1-5-3-6(7(9)10)4-11-8(5)12-2/h3-4H,1-2H3,(H3,9,10). The van der Waals surface area contributed by atoms with E-state index >= 15 is 0 Å². The molecule has 0 aliphatic carbocycles. The largest absolute Gasteiger partial charge is 0.481 e. The predicted molar refractivity (Wildman–Crippen MR) is 46.5 cm³/mol. The maximum atomic E-state index is 7.16. The molecule has 0 fully saturated rings. The van der Waals surface area contributed by atoms with E-state index in [2.05, 4.69) is 4.98 Å². The van der Waals surface area contributed by atoms with Crippen LogP contribution in [0.1, 0.15) is 11.1 Å². The van der Waals surface area contributed by atoms with Gasteiger partial charge >= 0.3 is 0 Å². The monoisotopic (exact) mass is 165 g/mol. The molecular formula is C8H11N3O. The number of ether oxygens (including phenoxy) is 1. The van der Waals surface area contributed by atoms with Crippen molar-refractivity contribution in [3.63, 3.8) is 0 Å². The Morgan fingerprint density at radius 3 is 2.75 bits per heavy atom. The number of nitrogens with zero attached hydrogens (tertiary/aromatic N) is 1. The molecule has 4 nitrogen and oxygen atoms in total. The van der Waals surface area contributed by atoms with Crippen LogP contribution in [0.4, 0.5) is 0 Å². The van der Waals surface area contributed by atoms with Gasteiger partial charge in [0.2, 0.25) is 5.88 Å². The highest BCUT2D eigenvalue weighted by Gasteiger charge is 2.02. The lowest BCUT2D eigenvalue weighted by Crippen LogP contribution is -2.11. The molecule has 1 aromatic heterocycles. The summed E-state index contributed by atoms with van der Waals surface area (Å²) in [6.45, 7) is 1.86. The second kappa shape index (κ2) is 3.21. The van der Waals surface area contributed by atoms with Gasteiger partial charge in [-0.2, -0.15) is 0 Å². The van der Waals surface area contributed by atoms with Crippen molar-refractivity contribution < 1.29 is 4.74 Å². The summed E-state index contributed by atoms with van der Waals surface area (Å²) in [5, 5.41) is 7.16. The number of nitrogen functional groups attached to an aromatic ring is 1. The number of nitrogens with two attached hydrogens (primary N) is 1. The minimum atomic E-state index is 0.0215. The van der Waals surface area contributed by atoms with Crippen molar-refractivity contribution in [1.29, 1.82) is 5.41 Å². The number of pyridine rings is 1. The molecule has 0 aromatic carbocycles. The lowest BCUT2D eigenvalue weighted by molar-refractivity contribution is 0.394. The van der Waals surface area contributed by atoms with Gasteiger partial charge < -0.3 is 10.5 Å². The lowest BCUT2D eigenvalue weighted by atomic mass is 10.2. The van der Waals surface area contributed by atoms with E-state index in [1.165, 1.54) is 6.20 Å². The van der Waals surface area contributed by atoms with Gasteiger partial charge in [0.05, 0.1) is 7.11 Å². The van der Waals surface area contributed by atoms with Crippen LogP contribution in [0.2, 0.25) is 0 Å². The maximum absolute atomic E-state index is 7.16. The smallest absolute Gasteiger partial charge is 0.215 e. The number of nitrogens with one attached hydrogen (secondary N) is 1. The number of amidine groups is 1. The molecule has 64 valence electrons. The summed E-state index contributed by atoms with van der Waals surface area (Å²) in [6, 6.07) is 1.77. The lowest BCUT2D eigenvalue weighted by Gasteiger charge is -2.04. The zero-order valence-corrected chi connectivity index (χ0v) is 7.09. The van der Waals surface area contributed by atoms with Gasteiger partial charge in [-0.05, 0) is 13.0 Å². The molecule has 0 atom stereocenters. The minimum absolute atomic E-state index is 0.0215. The first-order valence-electron chi connectivity index (χ1n) is 3.50. The molecule has 3 N–H and O–H groups in total. The van der Waals surface area contributed by atoms with E-state index in [9.17, 15) is 0 Å². The third kappa shape index (κ3) is 1.53. The first-order chi connectivity index (χ1) is 5.65. The number of rotatable bonds is 2. The Morgan fingerprint density at radius 1 is 1.67 bits per heavy atom. The highest BCUT2D eigenvalue weighted by Crippen LogP contribution is 2.13. The Hall–Kier alpha value is -1.58. The molecule has 1 heterocycles. The van der Waals surface area contributed by atoms with Crippen LogP contribution < -0.4 is 10.5 Å². The summed E-state index contributed by atoms with van der Waals surface area (Å²) in [7, 11) is 1.56. The maximum Gasteiger partial charge on any atom is 0.215 e. The molecule has 4 heteroatoms. The Balaban J connectivity index is 3.10. The molecule has 12 heavy (non-hydrogen) atoms. The van der Waals surface area contributed by atoms with E-state index in [-0.39, 0.29) is 5.84 Å². The van der Waals surface area contributed by atoms with Crippen molar-refractivity contribution in [1.82, 2.24) is 4.98 Å². The third-order valence-electron chi connectivity index (χ3n) is 1.53. The number of hydrogen-bond donors (Lipinski definition) is 2. The Bertz CT molecular complexity index is 309. The van der Waals surface area contributed by atoms with Crippen LogP contribution in [0.5, 0.6) is 5.88 Å². The highest BCUT2D eigenvalue weighted by atomic mass is 16.5. The van der Waals surface area contributed by atoms with Crippen LogP contribution in [0.25, 0.3) is 0 Å². The van der Waals surface area contributed by atoms with Crippen LogP contribution in [0.15, 0.2) is 12.3 Å². The number of hydrogen-bond acceptors (Lipinski definition) is 3. The third-order valence-corrected chi connectivity index (χ3v) is 1.53. The Kier molecular flexibility index (Phi) is 2.28. The minimum Gasteiger partial charge on any atom is -0.481 e. The molecule has 0 bridgehead atoms. The summed E-state index contributed by atoms with van der Waals surface area (Å²) in [6.07, 6.45) is 1.52. The quantitative estimate of drug-likeness (QED) is 0.500. The van der Waals surface area contributed by atoms with Crippen molar-refractivity contribution in [2.24, 2.45) is 5.73 Å². The van der Waals surface area contributed by atoms with Crippen molar-refractivity contribution in [3.8, 4) is 5.88 Å². The molecule has 0 saturated carbocycles. The average Bonchev–Trinajstić information content (AvgIpc) is 2.04. The van der Waals surface area contributed by atoms with E-state index in [4.69, 9.17) is 15.9 Å². The predicted octanol–water partition coefficient (Wildman–Crippen LogP) is 0.683. The fourth-order valence-corrected chi connectivity index (χ4v) is 0.923. The normalized spacial score (nSPS) is 9.50. The zero-order valence-electron chi connectivity index (χ0n) is 7.09. The first kappa shape index (κ1) is 8.52. The summed E-state index contributed by atoms with van der Waals surface area (Å²) in [5.41, 5.74) is 6.78. The summed E-state index contributed by atoms with van der Waals surface area (Å²) in [4.78, 5) is 3.97. The Labute approximate surface area is 70.9 Å². The van der Waals surface area contributed by atoms with E-state index in [1.807, 2.05) is 6.92 Å². The van der Waals surface area contributed by atoms with Gasteiger partial charge in [-0.15, -0.1) is 0 Å². The molecule has 0 unspecified atom stereocenters.